The molecule has 10 nitrogen and oxygen atoms in total. The average Bonchev–Trinajstić information content (AvgIpc) is 3.44. The van der Waals surface area contributed by atoms with Gasteiger partial charge in [-0.1, -0.05) is 65.4 Å². The van der Waals surface area contributed by atoms with Gasteiger partial charge in [-0.15, -0.1) is 0 Å². The highest BCUT2D eigenvalue weighted by Gasteiger charge is 2.32. The summed E-state index contributed by atoms with van der Waals surface area (Å²) in [4.78, 5) is 45.3. The van der Waals surface area contributed by atoms with Crippen molar-refractivity contribution in [3.05, 3.63) is 149 Å². The molecule has 5 aromatic rings. The summed E-state index contributed by atoms with van der Waals surface area (Å²) in [5.74, 6) is 0.635. The number of methoxy groups -OCH3 is 1. The molecule has 0 unspecified atom stereocenters. The molecule has 0 fully saturated rings. The fourth-order valence-corrected chi connectivity index (χ4v) is 7.10. The second-order valence-corrected chi connectivity index (χ2v) is 13.1. The molecule has 1 aliphatic heterocycles. The molecule has 6 rings (SSSR count). The van der Waals surface area contributed by atoms with Gasteiger partial charge in [-0.3, -0.25) is 14.2 Å². The van der Waals surface area contributed by atoms with E-state index in [0.29, 0.717) is 67.9 Å². The predicted molar refractivity (Wildman–Crippen MR) is 201 cm³/mol. The molecule has 0 saturated heterocycles. The summed E-state index contributed by atoms with van der Waals surface area (Å²) in [5.41, 5.74) is 3.76. The molecule has 4 aromatic carbocycles. The lowest BCUT2D eigenvalue weighted by molar-refractivity contribution is -0.113. The van der Waals surface area contributed by atoms with Gasteiger partial charge in [-0.25, -0.2) is 9.79 Å². The summed E-state index contributed by atoms with van der Waals surface area (Å²) in [6.07, 6.45) is 1.72. The first-order valence-corrected chi connectivity index (χ1v) is 17.8. The van der Waals surface area contributed by atoms with E-state index in [1.807, 2.05) is 49.4 Å². The maximum absolute atomic E-state index is 14.3. The first-order valence-electron chi connectivity index (χ1n) is 16.6. The third-order valence-corrected chi connectivity index (χ3v) is 9.47. The number of benzene rings is 4. The van der Waals surface area contributed by atoms with Crippen LogP contribution < -0.4 is 34.4 Å². The summed E-state index contributed by atoms with van der Waals surface area (Å²) in [7, 11) is 1.51. The molecular formula is C40H36ClN3O7S. The third-order valence-electron chi connectivity index (χ3n) is 8.20. The van der Waals surface area contributed by atoms with Crippen LogP contribution in [0, 0.1) is 0 Å². The molecule has 0 saturated carbocycles. The lowest BCUT2D eigenvalue weighted by Gasteiger charge is -2.25. The number of thiazole rings is 1. The Morgan fingerprint density at radius 2 is 1.69 bits per heavy atom. The molecule has 0 spiro atoms. The zero-order valence-corrected chi connectivity index (χ0v) is 30.5. The van der Waals surface area contributed by atoms with Gasteiger partial charge in [-0.2, -0.15) is 0 Å². The number of amides is 1. The molecule has 1 atom stereocenters. The number of anilines is 1. The standard InChI is InChI=1S/C40H36ClN3O7S/c1-5-49-30-18-16-27(17-19-30)35-34(37(45)43-29-10-8-7-9-11-29)24(3)42-40-44(35)38(46)33(52-40)22-26-20-31(41)36(32(21-26)48-4)51-23-25-12-14-28(15-13-25)39(47)50-6-2/h7-22,35H,5-6,23H2,1-4H3,(H,43,45)/b33-22-/t35-/m0/s1. The lowest BCUT2D eigenvalue weighted by Crippen LogP contribution is -2.40. The summed E-state index contributed by atoms with van der Waals surface area (Å²) >= 11 is 7.93. The number of fused-ring (bicyclic) bond motifs is 1. The summed E-state index contributed by atoms with van der Waals surface area (Å²) in [5, 5.41) is 3.25. The Bertz CT molecular complexity index is 2320. The zero-order chi connectivity index (χ0) is 36.8. The van der Waals surface area contributed by atoms with E-state index in [-0.39, 0.29) is 23.1 Å². The Labute approximate surface area is 309 Å². The molecular weight excluding hydrogens is 702 g/mol. The van der Waals surface area contributed by atoms with E-state index in [0.717, 1.165) is 11.1 Å². The number of ether oxygens (including phenoxy) is 4. The van der Waals surface area contributed by atoms with Crippen LogP contribution in [-0.2, 0) is 16.1 Å². The third kappa shape index (κ3) is 7.80. The van der Waals surface area contributed by atoms with E-state index in [4.69, 9.17) is 35.5 Å². The van der Waals surface area contributed by atoms with Gasteiger partial charge in [0.15, 0.2) is 16.3 Å². The second-order valence-electron chi connectivity index (χ2n) is 11.6. The van der Waals surface area contributed by atoms with Crippen molar-refractivity contribution in [1.82, 2.24) is 4.57 Å². The van der Waals surface area contributed by atoms with E-state index >= 15 is 0 Å². The molecule has 1 N–H and O–H groups in total. The number of hydrogen-bond acceptors (Lipinski definition) is 9. The van der Waals surface area contributed by atoms with Gasteiger partial charge in [0.25, 0.3) is 11.5 Å². The number of rotatable bonds is 12. The molecule has 52 heavy (non-hydrogen) atoms. The number of nitrogens with zero attached hydrogens (tertiary/aromatic N) is 2. The average molecular weight is 738 g/mol. The topological polar surface area (TPSA) is 117 Å². The van der Waals surface area contributed by atoms with E-state index < -0.39 is 12.0 Å². The molecule has 0 aliphatic carbocycles. The van der Waals surface area contributed by atoms with Crippen molar-refractivity contribution in [2.45, 2.75) is 33.4 Å². The summed E-state index contributed by atoms with van der Waals surface area (Å²) in [6.45, 7) is 6.41. The van der Waals surface area contributed by atoms with Crippen molar-refractivity contribution in [2.75, 3.05) is 25.6 Å². The first kappa shape index (κ1) is 36.2. The number of para-hydroxylation sites is 1. The minimum Gasteiger partial charge on any atom is -0.494 e. The second kappa shape index (κ2) is 16.1. The number of carbonyl (C=O) groups excluding carboxylic acids is 2. The zero-order valence-electron chi connectivity index (χ0n) is 29.0. The number of nitrogens with one attached hydrogen (secondary N) is 1. The van der Waals surface area contributed by atoms with Gasteiger partial charge in [0.05, 0.1) is 52.8 Å². The highest BCUT2D eigenvalue weighted by molar-refractivity contribution is 7.07. The quantitative estimate of drug-likeness (QED) is 0.142. The van der Waals surface area contributed by atoms with Crippen LogP contribution in [0.15, 0.2) is 112 Å². The molecule has 2 heterocycles. The van der Waals surface area contributed by atoms with Gasteiger partial charge < -0.3 is 24.3 Å². The fourth-order valence-electron chi connectivity index (χ4n) is 5.78. The molecule has 0 radical (unpaired) electrons. The minimum absolute atomic E-state index is 0.169. The maximum Gasteiger partial charge on any atom is 0.338 e. The van der Waals surface area contributed by atoms with Crippen molar-refractivity contribution in [2.24, 2.45) is 4.99 Å². The van der Waals surface area contributed by atoms with E-state index in [1.54, 1.807) is 73.0 Å². The minimum atomic E-state index is -0.752. The predicted octanol–water partition coefficient (Wildman–Crippen LogP) is 6.69. The number of hydrogen-bond donors (Lipinski definition) is 1. The van der Waals surface area contributed by atoms with Crippen LogP contribution in [-0.4, -0.2) is 36.8 Å². The first-order chi connectivity index (χ1) is 25.2. The Morgan fingerprint density at radius 3 is 2.37 bits per heavy atom. The van der Waals surface area contributed by atoms with Crippen LogP contribution in [0.4, 0.5) is 5.69 Å². The molecule has 0 bridgehead atoms. The van der Waals surface area contributed by atoms with Crippen molar-refractivity contribution in [3.63, 3.8) is 0 Å². The van der Waals surface area contributed by atoms with Crippen LogP contribution in [0.25, 0.3) is 6.08 Å². The number of aromatic nitrogens is 1. The number of allylic oxidation sites excluding steroid dienone is 1. The molecule has 1 amide bonds. The number of halogens is 1. The largest absolute Gasteiger partial charge is 0.494 e. The monoisotopic (exact) mass is 737 g/mol. The Balaban J connectivity index is 1.34. The fraction of sp³-hybridized carbons (Fsp3) is 0.200. The Hall–Kier alpha value is -5.65. The highest BCUT2D eigenvalue weighted by Crippen LogP contribution is 2.37. The summed E-state index contributed by atoms with van der Waals surface area (Å²) in [6, 6.07) is 26.1. The lowest BCUT2D eigenvalue weighted by atomic mass is 9.95. The van der Waals surface area contributed by atoms with Crippen LogP contribution in [0.3, 0.4) is 0 Å². The van der Waals surface area contributed by atoms with Crippen molar-refractivity contribution in [1.29, 1.82) is 0 Å². The number of esters is 1. The Kier molecular flexibility index (Phi) is 11.2. The van der Waals surface area contributed by atoms with Crippen LogP contribution in [0.2, 0.25) is 5.02 Å². The SMILES string of the molecule is CCOC(=O)c1ccc(COc2c(Cl)cc(/C=c3\sc4n(c3=O)[C@@H](c3ccc(OCC)cc3)C(C(=O)Nc3ccccc3)=C(C)N=4)cc2OC)cc1. The van der Waals surface area contributed by atoms with Gasteiger partial charge in [-0.05, 0) is 92.1 Å². The smallest absolute Gasteiger partial charge is 0.338 e. The Morgan fingerprint density at radius 1 is 0.962 bits per heavy atom. The van der Waals surface area contributed by atoms with Crippen LogP contribution >= 0.6 is 22.9 Å². The van der Waals surface area contributed by atoms with Gasteiger partial charge in [0.2, 0.25) is 0 Å². The van der Waals surface area contributed by atoms with Crippen LogP contribution in [0.5, 0.6) is 17.2 Å². The van der Waals surface area contributed by atoms with Gasteiger partial charge >= 0.3 is 5.97 Å². The van der Waals surface area contributed by atoms with Crippen LogP contribution in [0.1, 0.15) is 53.9 Å². The van der Waals surface area contributed by atoms with E-state index in [2.05, 4.69) is 5.32 Å². The molecule has 266 valence electrons. The van der Waals surface area contributed by atoms with Gasteiger partial charge in [0.1, 0.15) is 12.4 Å². The van der Waals surface area contributed by atoms with Crippen molar-refractivity contribution in [3.8, 4) is 17.2 Å². The molecule has 12 heteroatoms. The van der Waals surface area contributed by atoms with Crippen molar-refractivity contribution < 1.29 is 28.5 Å². The molecule has 1 aliphatic rings. The highest BCUT2D eigenvalue weighted by atomic mass is 35.5. The van der Waals surface area contributed by atoms with E-state index in [1.165, 1.54) is 18.4 Å². The number of carbonyl (C=O) groups is 2. The van der Waals surface area contributed by atoms with Gasteiger partial charge in [0, 0.05) is 5.69 Å². The normalized spacial score (nSPS) is 13.9. The summed E-state index contributed by atoms with van der Waals surface area (Å²) < 4.78 is 24.3. The molecule has 1 aromatic heterocycles. The van der Waals surface area contributed by atoms with Crippen molar-refractivity contribution >= 4 is 46.6 Å². The van der Waals surface area contributed by atoms with E-state index in [9.17, 15) is 14.4 Å². The maximum atomic E-state index is 14.3.